The standard InChI is InChI=1S/C13H24N4O2/c1-2-8-18-10-12-15-13(16-19-12)11(14)9-17-6-4-3-5-7-17/h11H,2-10,14H2,1H3. The molecule has 2 heterocycles. The Labute approximate surface area is 114 Å². The summed E-state index contributed by atoms with van der Waals surface area (Å²) in [5.41, 5.74) is 6.13. The van der Waals surface area contributed by atoms with Gasteiger partial charge in [0, 0.05) is 13.2 Å². The Bertz CT molecular complexity index is 363. The average Bonchev–Trinajstić information content (AvgIpc) is 2.89. The highest BCUT2D eigenvalue weighted by Gasteiger charge is 2.19. The van der Waals surface area contributed by atoms with E-state index in [2.05, 4.69) is 22.0 Å². The van der Waals surface area contributed by atoms with Gasteiger partial charge in [0.1, 0.15) is 6.61 Å². The summed E-state index contributed by atoms with van der Waals surface area (Å²) in [6, 6.07) is -0.179. The maximum Gasteiger partial charge on any atom is 0.252 e. The number of aromatic nitrogens is 2. The summed E-state index contributed by atoms with van der Waals surface area (Å²) in [7, 11) is 0. The molecule has 1 aliphatic rings. The van der Waals surface area contributed by atoms with Gasteiger partial charge in [-0.25, -0.2) is 0 Å². The zero-order chi connectivity index (χ0) is 13.5. The number of hydrogen-bond acceptors (Lipinski definition) is 6. The van der Waals surface area contributed by atoms with Crippen molar-refractivity contribution in [2.75, 3.05) is 26.2 Å². The van der Waals surface area contributed by atoms with Crippen molar-refractivity contribution >= 4 is 0 Å². The second-order valence-corrected chi connectivity index (χ2v) is 5.07. The van der Waals surface area contributed by atoms with Gasteiger partial charge in [0.15, 0.2) is 5.82 Å². The third-order valence-corrected chi connectivity index (χ3v) is 3.29. The second-order valence-electron chi connectivity index (χ2n) is 5.07. The summed E-state index contributed by atoms with van der Waals surface area (Å²) < 4.78 is 10.5. The number of likely N-dealkylation sites (tertiary alicyclic amines) is 1. The van der Waals surface area contributed by atoms with Crippen molar-refractivity contribution in [3.05, 3.63) is 11.7 Å². The van der Waals surface area contributed by atoms with Crippen LogP contribution in [0.5, 0.6) is 0 Å². The molecular formula is C13H24N4O2. The van der Waals surface area contributed by atoms with E-state index in [9.17, 15) is 0 Å². The molecule has 1 aromatic rings. The molecule has 0 bridgehead atoms. The van der Waals surface area contributed by atoms with Crippen LogP contribution in [0.4, 0.5) is 0 Å². The van der Waals surface area contributed by atoms with Crippen LogP contribution in [0.15, 0.2) is 4.52 Å². The number of piperidine rings is 1. The molecule has 0 radical (unpaired) electrons. The Morgan fingerprint density at radius 3 is 2.89 bits per heavy atom. The number of rotatable bonds is 7. The maximum absolute atomic E-state index is 6.13. The van der Waals surface area contributed by atoms with Crippen LogP contribution in [0.25, 0.3) is 0 Å². The molecule has 1 saturated heterocycles. The minimum atomic E-state index is -0.179. The van der Waals surface area contributed by atoms with Crippen molar-refractivity contribution in [1.82, 2.24) is 15.0 Å². The van der Waals surface area contributed by atoms with Crippen LogP contribution < -0.4 is 5.73 Å². The molecular weight excluding hydrogens is 244 g/mol. The molecule has 19 heavy (non-hydrogen) atoms. The Hall–Kier alpha value is -0.980. The molecule has 1 atom stereocenters. The highest BCUT2D eigenvalue weighted by Crippen LogP contribution is 2.14. The van der Waals surface area contributed by atoms with Gasteiger partial charge in [-0.2, -0.15) is 4.98 Å². The van der Waals surface area contributed by atoms with Crippen LogP contribution in [0.3, 0.4) is 0 Å². The fraction of sp³-hybridized carbons (Fsp3) is 0.846. The van der Waals surface area contributed by atoms with Crippen LogP contribution in [0.2, 0.25) is 0 Å². The number of ether oxygens (including phenoxy) is 1. The number of nitrogens with zero attached hydrogens (tertiary/aromatic N) is 3. The summed E-state index contributed by atoms with van der Waals surface area (Å²) in [6.07, 6.45) is 4.83. The zero-order valence-corrected chi connectivity index (χ0v) is 11.7. The summed E-state index contributed by atoms with van der Waals surface area (Å²) in [4.78, 5) is 6.67. The third-order valence-electron chi connectivity index (χ3n) is 3.29. The SMILES string of the molecule is CCCOCc1nc(C(N)CN2CCCCC2)no1. The van der Waals surface area contributed by atoms with E-state index in [-0.39, 0.29) is 6.04 Å². The van der Waals surface area contributed by atoms with Gasteiger partial charge in [0.2, 0.25) is 0 Å². The molecule has 6 heteroatoms. The Kier molecular flexibility index (Phi) is 5.75. The summed E-state index contributed by atoms with van der Waals surface area (Å²) in [6.45, 7) is 6.19. The molecule has 0 aromatic carbocycles. The van der Waals surface area contributed by atoms with E-state index < -0.39 is 0 Å². The number of nitrogens with two attached hydrogens (primary N) is 1. The molecule has 1 aliphatic heterocycles. The predicted molar refractivity (Wildman–Crippen MR) is 71.5 cm³/mol. The van der Waals surface area contributed by atoms with E-state index in [1.165, 1.54) is 19.3 Å². The van der Waals surface area contributed by atoms with E-state index in [1.807, 2.05) is 0 Å². The van der Waals surface area contributed by atoms with Crippen molar-refractivity contribution in [2.45, 2.75) is 45.3 Å². The smallest absolute Gasteiger partial charge is 0.252 e. The van der Waals surface area contributed by atoms with Crippen LogP contribution in [0, 0.1) is 0 Å². The molecule has 0 aliphatic carbocycles. The lowest BCUT2D eigenvalue weighted by atomic mass is 10.1. The van der Waals surface area contributed by atoms with Crippen LogP contribution in [-0.2, 0) is 11.3 Å². The van der Waals surface area contributed by atoms with Gasteiger partial charge in [-0.05, 0) is 32.4 Å². The van der Waals surface area contributed by atoms with Gasteiger partial charge in [-0.1, -0.05) is 18.5 Å². The molecule has 1 unspecified atom stereocenters. The first-order chi connectivity index (χ1) is 9.29. The van der Waals surface area contributed by atoms with E-state index in [0.29, 0.717) is 24.9 Å². The topological polar surface area (TPSA) is 77.4 Å². The Morgan fingerprint density at radius 2 is 2.16 bits per heavy atom. The molecule has 1 fully saturated rings. The normalized spacial score (nSPS) is 18.6. The van der Waals surface area contributed by atoms with Crippen LogP contribution in [-0.4, -0.2) is 41.3 Å². The lowest BCUT2D eigenvalue weighted by Crippen LogP contribution is -2.36. The van der Waals surface area contributed by atoms with Gasteiger partial charge >= 0.3 is 0 Å². The lowest BCUT2D eigenvalue weighted by Gasteiger charge is -2.27. The van der Waals surface area contributed by atoms with Gasteiger partial charge in [0.05, 0.1) is 6.04 Å². The summed E-state index contributed by atoms with van der Waals surface area (Å²) >= 11 is 0. The highest BCUT2D eigenvalue weighted by molar-refractivity contribution is 4.93. The van der Waals surface area contributed by atoms with Crippen molar-refractivity contribution in [1.29, 1.82) is 0 Å². The molecule has 2 N–H and O–H groups in total. The highest BCUT2D eigenvalue weighted by atomic mass is 16.5. The first-order valence-corrected chi connectivity index (χ1v) is 7.17. The first kappa shape index (κ1) is 14.4. The lowest BCUT2D eigenvalue weighted by molar-refractivity contribution is 0.0981. The quantitative estimate of drug-likeness (QED) is 0.755. The summed E-state index contributed by atoms with van der Waals surface area (Å²) in [5.74, 6) is 1.10. The van der Waals surface area contributed by atoms with Crippen molar-refractivity contribution in [3.63, 3.8) is 0 Å². The molecule has 6 nitrogen and oxygen atoms in total. The fourth-order valence-electron chi connectivity index (χ4n) is 2.28. The first-order valence-electron chi connectivity index (χ1n) is 7.17. The third kappa shape index (κ3) is 4.56. The average molecular weight is 268 g/mol. The van der Waals surface area contributed by atoms with E-state index in [4.69, 9.17) is 15.0 Å². The second kappa shape index (κ2) is 7.57. The summed E-state index contributed by atoms with van der Waals surface area (Å²) in [5, 5.41) is 3.94. The fourth-order valence-corrected chi connectivity index (χ4v) is 2.28. The molecule has 108 valence electrons. The van der Waals surface area contributed by atoms with Gasteiger partial charge < -0.3 is 19.9 Å². The van der Waals surface area contributed by atoms with E-state index in [0.717, 1.165) is 26.1 Å². The molecule has 1 aromatic heterocycles. The Balaban J connectivity index is 1.79. The van der Waals surface area contributed by atoms with Gasteiger partial charge in [0.25, 0.3) is 5.89 Å². The molecule has 0 saturated carbocycles. The molecule has 2 rings (SSSR count). The number of hydrogen-bond donors (Lipinski definition) is 1. The maximum atomic E-state index is 6.13. The molecule has 0 amide bonds. The largest absolute Gasteiger partial charge is 0.372 e. The van der Waals surface area contributed by atoms with Crippen molar-refractivity contribution in [2.24, 2.45) is 5.73 Å². The van der Waals surface area contributed by atoms with Gasteiger partial charge in [-0.3, -0.25) is 0 Å². The van der Waals surface area contributed by atoms with Crippen molar-refractivity contribution in [3.8, 4) is 0 Å². The van der Waals surface area contributed by atoms with Crippen LogP contribution in [0.1, 0.15) is 50.4 Å². The zero-order valence-electron chi connectivity index (χ0n) is 11.7. The van der Waals surface area contributed by atoms with E-state index >= 15 is 0 Å². The minimum Gasteiger partial charge on any atom is -0.372 e. The van der Waals surface area contributed by atoms with Crippen LogP contribution >= 0.6 is 0 Å². The Morgan fingerprint density at radius 1 is 1.37 bits per heavy atom. The predicted octanol–water partition coefficient (Wildman–Crippen LogP) is 1.48. The molecule has 0 spiro atoms. The van der Waals surface area contributed by atoms with Gasteiger partial charge in [-0.15, -0.1) is 0 Å². The van der Waals surface area contributed by atoms with E-state index in [1.54, 1.807) is 0 Å². The monoisotopic (exact) mass is 268 g/mol. The van der Waals surface area contributed by atoms with Crippen molar-refractivity contribution < 1.29 is 9.26 Å². The minimum absolute atomic E-state index is 0.179.